The minimum absolute atomic E-state index is 0.0491. The monoisotopic (exact) mass is 333 g/mol. The van der Waals surface area contributed by atoms with Gasteiger partial charge in [-0.3, -0.25) is 15.1 Å². The summed E-state index contributed by atoms with van der Waals surface area (Å²) in [5.74, 6) is 0.810. The van der Waals surface area contributed by atoms with Crippen LogP contribution in [0.25, 0.3) is 21.8 Å². The number of hydrogen-bond donors (Lipinski definition) is 2. The summed E-state index contributed by atoms with van der Waals surface area (Å²) < 4.78 is 0. The number of aromatic amines is 1. The van der Waals surface area contributed by atoms with Gasteiger partial charge in [-0.2, -0.15) is 0 Å². The van der Waals surface area contributed by atoms with Crippen LogP contribution in [0.2, 0.25) is 0 Å². The van der Waals surface area contributed by atoms with E-state index in [9.17, 15) is 10.1 Å². The zero-order valence-electron chi connectivity index (χ0n) is 13.5. The molecule has 0 fully saturated rings. The van der Waals surface area contributed by atoms with Gasteiger partial charge in [-0.05, 0) is 30.7 Å². The fourth-order valence-electron chi connectivity index (χ4n) is 2.98. The summed E-state index contributed by atoms with van der Waals surface area (Å²) in [6, 6.07) is 11.0. The van der Waals surface area contributed by atoms with E-state index < -0.39 is 4.92 Å². The van der Waals surface area contributed by atoms with Crippen molar-refractivity contribution in [1.82, 2.24) is 15.0 Å². The lowest BCUT2D eigenvalue weighted by atomic mass is 10.1. The molecule has 0 spiro atoms. The van der Waals surface area contributed by atoms with Crippen LogP contribution in [0, 0.1) is 17.0 Å². The minimum atomic E-state index is -0.393. The van der Waals surface area contributed by atoms with E-state index in [0.29, 0.717) is 11.9 Å². The van der Waals surface area contributed by atoms with Crippen molar-refractivity contribution in [1.29, 1.82) is 0 Å². The number of rotatable bonds is 4. The number of nitro benzene ring substituents is 1. The summed E-state index contributed by atoms with van der Waals surface area (Å²) in [7, 11) is 0. The average molecular weight is 333 g/mol. The van der Waals surface area contributed by atoms with E-state index in [1.165, 1.54) is 12.3 Å². The van der Waals surface area contributed by atoms with Crippen LogP contribution in [0.5, 0.6) is 0 Å². The van der Waals surface area contributed by atoms with Crippen molar-refractivity contribution in [2.75, 3.05) is 5.32 Å². The highest BCUT2D eigenvalue weighted by atomic mass is 16.6. The molecular weight excluding hydrogens is 318 g/mol. The Labute approximate surface area is 142 Å². The third-order valence-corrected chi connectivity index (χ3v) is 4.20. The summed E-state index contributed by atoms with van der Waals surface area (Å²) in [5, 5.41) is 15.8. The van der Waals surface area contributed by atoms with Crippen LogP contribution >= 0.6 is 0 Å². The molecule has 0 unspecified atom stereocenters. The molecule has 4 rings (SSSR count). The van der Waals surface area contributed by atoms with Gasteiger partial charge in [0.15, 0.2) is 0 Å². The summed E-state index contributed by atoms with van der Waals surface area (Å²) in [4.78, 5) is 22.7. The maximum absolute atomic E-state index is 11.2. The molecule has 0 saturated heterocycles. The van der Waals surface area contributed by atoms with Gasteiger partial charge in [-0.1, -0.05) is 12.1 Å². The molecule has 4 aromatic rings. The highest BCUT2D eigenvalue weighted by Gasteiger charge is 2.14. The molecule has 0 saturated carbocycles. The van der Waals surface area contributed by atoms with E-state index in [2.05, 4.69) is 20.3 Å². The summed E-state index contributed by atoms with van der Waals surface area (Å²) >= 11 is 0. The number of anilines is 1. The molecule has 0 aliphatic carbocycles. The van der Waals surface area contributed by atoms with E-state index in [-0.39, 0.29) is 5.69 Å². The van der Waals surface area contributed by atoms with Crippen molar-refractivity contribution < 1.29 is 4.92 Å². The number of aryl methyl sites for hydroxylation is 1. The van der Waals surface area contributed by atoms with Gasteiger partial charge >= 0.3 is 0 Å². The Balaban J connectivity index is 1.67. The number of nitrogens with one attached hydrogen (secondary N) is 2. The number of pyridine rings is 1. The Kier molecular flexibility index (Phi) is 3.53. The van der Waals surface area contributed by atoms with E-state index in [1.54, 1.807) is 18.3 Å². The molecule has 2 heterocycles. The normalized spacial score (nSPS) is 11.1. The first-order chi connectivity index (χ1) is 12.1. The number of H-pyrrole nitrogens is 1. The summed E-state index contributed by atoms with van der Waals surface area (Å²) in [6.07, 6.45) is 3.14. The van der Waals surface area contributed by atoms with Gasteiger partial charge < -0.3 is 10.3 Å². The number of para-hydroxylation sites is 1. The molecule has 2 N–H and O–H groups in total. The number of nitro groups is 1. The Hall–Kier alpha value is -3.48. The fraction of sp³-hybridized carbons (Fsp3) is 0.111. The van der Waals surface area contributed by atoms with Crippen LogP contribution in [0.3, 0.4) is 0 Å². The first-order valence-electron chi connectivity index (χ1n) is 7.82. The maximum Gasteiger partial charge on any atom is 0.278 e. The molecule has 0 aliphatic heterocycles. The topological polar surface area (TPSA) is 96.7 Å². The molecule has 0 amide bonds. The van der Waals surface area contributed by atoms with Gasteiger partial charge in [-0.25, -0.2) is 4.98 Å². The Morgan fingerprint density at radius 2 is 2.08 bits per heavy atom. The zero-order chi connectivity index (χ0) is 17.4. The van der Waals surface area contributed by atoms with E-state index in [0.717, 1.165) is 33.5 Å². The van der Waals surface area contributed by atoms with Gasteiger partial charge in [-0.15, -0.1) is 0 Å². The van der Waals surface area contributed by atoms with Crippen molar-refractivity contribution in [3.8, 4) is 0 Å². The summed E-state index contributed by atoms with van der Waals surface area (Å²) in [5.41, 5.74) is 3.92. The molecule has 0 radical (unpaired) electrons. The number of hydrogen-bond acceptors (Lipinski definition) is 5. The smallest absolute Gasteiger partial charge is 0.278 e. The van der Waals surface area contributed by atoms with Crippen molar-refractivity contribution in [2.24, 2.45) is 0 Å². The number of imidazole rings is 1. The minimum Gasteiger partial charge on any atom is -0.377 e. The Morgan fingerprint density at radius 3 is 2.88 bits per heavy atom. The first-order valence-corrected chi connectivity index (χ1v) is 7.82. The maximum atomic E-state index is 11.2. The molecule has 25 heavy (non-hydrogen) atoms. The molecular formula is C18H15N5O2. The van der Waals surface area contributed by atoms with Gasteiger partial charge in [0.1, 0.15) is 5.82 Å². The van der Waals surface area contributed by atoms with Crippen molar-refractivity contribution >= 4 is 33.2 Å². The van der Waals surface area contributed by atoms with Gasteiger partial charge in [0.2, 0.25) is 0 Å². The second-order valence-electron chi connectivity index (χ2n) is 5.82. The van der Waals surface area contributed by atoms with Crippen molar-refractivity contribution in [3.63, 3.8) is 0 Å². The number of non-ortho nitro benzene ring substituents is 1. The van der Waals surface area contributed by atoms with Crippen LogP contribution in [-0.4, -0.2) is 19.9 Å². The average Bonchev–Trinajstić information content (AvgIpc) is 3.04. The second kappa shape index (κ2) is 5.86. The van der Waals surface area contributed by atoms with Gasteiger partial charge in [0.05, 0.1) is 27.9 Å². The predicted molar refractivity (Wildman–Crippen MR) is 96.6 cm³/mol. The Morgan fingerprint density at radius 1 is 1.20 bits per heavy atom. The quantitative estimate of drug-likeness (QED) is 0.435. The SMILES string of the molecule is Cc1cccc2[nH]c(CNc3ccc([N+](=O)[O-])c4cnccc34)nc12. The van der Waals surface area contributed by atoms with E-state index in [1.807, 2.05) is 25.1 Å². The van der Waals surface area contributed by atoms with Gasteiger partial charge in [0, 0.05) is 29.5 Å². The van der Waals surface area contributed by atoms with E-state index in [4.69, 9.17) is 0 Å². The predicted octanol–water partition coefficient (Wildman–Crippen LogP) is 3.94. The molecule has 7 nitrogen and oxygen atoms in total. The first kappa shape index (κ1) is 15.1. The number of aromatic nitrogens is 3. The molecule has 2 aromatic carbocycles. The molecule has 7 heteroatoms. The summed E-state index contributed by atoms with van der Waals surface area (Å²) in [6.45, 7) is 2.51. The lowest BCUT2D eigenvalue weighted by Crippen LogP contribution is -2.02. The third-order valence-electron chi connectivity index (χ3n) is 4.20. The Bertz CT molecular complexity index is 1100. The highest BCUT2D eigenvalue weighted by molar-refractivity contribution is 5.99. The third kappa shape index (κ3) is 2.65. The molecule has 0 atom stereocenters. The van der Waals surface area contributed by atoms with Crippen molar-refractivity contribution in [2.45, 2.75) is 13.5 Å². The zero-order valence-corrected chi connectivity index (χ0v) is 13.5. The molecule has 0 aliphatic rings. The number of benzene rings is 2. The largest absolute Gasteiger partial charge is 0.377 e. The lowest BCUT2D eigenvalue weighted by Gasteiger charge is -2.08. The van der Waals surface area contributed by atoms with Crippen LogP contribution in [0.15, 0.2) is 48.8 Å². The van der Waals surface area contributed by atoms with Crippen LogP contribution in [0.4, 0.5) is 11.4 Å². The second-order valence-corrected chi connectivity index (χ2v) is 5.82. The number of nitrogens with zero attached hydrogens (tertiary/aromatic N) is 3. The van der Waals surface area contributed by atoms with Crippen LogP contribution in [-0.2, 0) is 6.54 Å². The molecule has 2 aromatic heterocycles. The van der Waals surface area contributed by atoms with Crippen LogP contribution in [0.1, 0.15) is 11.4 Å². The standard InChI is InChI=1S/C18H15N5O2/c1-11-3-2-4-15-18(11)22-17(21-15)10-20-14-5-6-16(23(24)25)13-9-19-8-7-12(13)14/h2-9,20H,10H2,1H3,(H,21,22). The molecule has 0 bridgehead atoms. The van der Waals surface area contributed by atoms with Crippen LogP contribution < -0.4 is 5.32 Å². The highest BCUT2D eigenvalue weighted by Crippen LogP contribution is 2.30. The fourth-order valence-corrected chi connectivity index (χ4v) is 2.98. The molecule has 124 valence electrons. The lowest BCUT2D eigenvalue weighted by molar-refractivity contribution is -0.383. The van der Waals surface area contributed by atoms with Crippen molar-refractivity contribution in [3.05, 3.63) is 70.3 Å². The number of fused-ring (bicyclic) bond motifs is 2. The van der Waals surface area contributed by atoms with Gasteiger partial charge in [0.25, 0.3) is 5.69 Å². The van der Waals surface area contributed by atoms with E-state index >= 15 is 0 Å².